The van der Waals surface area contributed by atoms with E-state index in [-0.39, 0.29) is 5.97 Å². The van der Waals surface area contributed by atoms with Gasteiger partial charge in [-0.3, -0.25) is 0 Å². The van der Waals surface area contributed by atoms with Gasteiger partial charge in [-0.2, -0.15) is 0 Å². The monoisotopic (exact) mass is 196 g/mol. The summed E-state index contributed by atoms with van der Waals surface area (Å²) >= 11 is 0. The second-order valence-corrected chi connectivity index (χ2v) is 3.27. The first-order chi connectivity index (χ1) is 6.72. The van der Waals surface area contributed by atoms with Crippen molar-refractivity contribution in [3.63, 3.8) is 0 Å². The topological polar surface area (TPSA) is 26.3 Å². The molecule has 2 heteroatoms. The van der Waals surface area contributed by atoms with Gasteiger partial charge in [0.1, 0.15) is 0 Å². The Morgan fingerprint density at radius 2 is 2.14 bits per heavy atom. The SMILES string of the molecule is C=CCCC(=C)C(=O)OCCCCC. The molecule has 80 valence electrons. The number of esters is 1. The van der Waals surface area contributed by atoms with Crippen LogP contribution in [0.25, 0.3) is 0 Å². The number of hydrogen-bond acceptors (Lipinski definition) is 2. The average Bonchev–Trinajstić information content (AvgIpc) is 2.20. The number of rotatable bonds is 8. The molecule has 0 aromatic heterocycles. The minimum Gasteiger partial charge on any atom is -0.462 e. The second kappa shape index (κ2) is 8.54. The third-order valence-corrected chi connectivity index (χ3v) is 1.92. The first-order valence-corrected chi connectivity index (χ1v) is 5.18. The molecule has 0 fully saturated rings. The van der Waals surface area contributed by atoms with Gasteiger partial charge in [0.05, 0.1) is 6.61 Å². The Balaban J connectivity index is 3.52. The van der Waals surface area contributed by atoms with Crippen LogP contribution in [0.5, 0.6) is 0 Å². The second-order valence-electron chi connectivity index (χ2n) is 3.27. The average molecular weight is 196 g/mol. The minimum absolute atomic E-state index is 0.261. The highest BCUT2D eigenvalue weighted by atomic mass is 16.5. The summed E-state index contributed by atoms with van der Waals surface area (Å²) in [6, 6.07) is 0. The van der Waals surface area contributed by atoms with Gasteiger partial charge in [-0.15, -0.1) is 6.58 Å². The molecule has 0 unspecified atom stereocenters. The predicted octanol–water partition coefficient (Wildman–Crippen LogP) is 3.24. The van der Waals surface area contributed by atoms with Crippen molar-refractivity contribution >= 4 is 5.97 Å². The largest absolute Gasteiger partial charge is 0.462 e. The third-order valence-electron chi connectivity index (χ3n) is 1.92. The fraction of sp³-hybridized carbons (Fsp3) is 0.583. The van der Waals surface area contributed by atoms with Crippen LogP contribution in [0, 0.1) is 0 Å². The summed E-state index contributed by atoms with van der Waals surface area (Å²) in [5.74, 6) is -0.261. The van der Waals surface area contributed by atoms with Gasteiger partial charge >= 0.3 is 5.97 Å². The van der Waals surface area contributed by atoms with Crippen molar-refractivity contribution in [1.29, 1.82) is 0 Å². The van der Waals surface area contributed by atoms with Crippen LogP contribution in [-0.4, -0.2) is 12.6 Å². The standard InChI is InChI=1S/C12H20O2/c1-4-6-8-10-14-12(13)11(3)9-7-5-2/h5H,2-4,6-10H2,1H3. The summed E-state index contributed by atoms with van der Waals surface area (Å²) in [5.41, 5.74) is 0.543. The summed E-state index contributed by atoms with van der Waals surface area (Å²) in [6.07, 6.45) is 6.38. The molecule has 0 spiro atoms. The van der Waals surface area contributed by atoms with Crippen molar-refractivity contribution < 1.29 is 9.53 Å². The predicted molar refractivity (Wildman–Crippen MR) is 59.1 cm³/mol. The number of carbonyl (C=O) groups is 1. The van der Waals surface area contributed by atoms with Crippen molar-refractivity contribution in [2.75, 3.05) is 6.61 Å². The van der Waals surface area contributed by atoms with Gasteiger partial charge in [-0.1, -0.05) is 32.4 Å². The van der Waals surface area contributed by atoms with Crippen molar-refractivity contribution in [3.05, 3.63) is 24.8 Å². The zero-order valence-corrected chi connectivity index (χ0v) is 9.05. The molecule has 0 bridgehead atoms. The highest BCUT2D eigenvalue weighted by molar-refractivity contribution is 5.87. The number of unbranched alkanes of at least 4 members (excludes halogenated alkanes) is 2. The van der Waals surface area contributed by atoms with Crippen LogP contribution >= 0.6 is 0 Å². The number of hydrogen-bond donors (Lipinski definition) is 0. The lowest BCUT2D eigenvalue weighted by Gasteiger charge is -2.05. The van der Waals surface area contributed by atoms with Gasteiger partial charge in [-0.05, 0) is 19.3 Å². The van der Waals surface area contributed by atoms with E-state index in [0.717, 1.165) is 25.7 Å². The Kier molecular flexibility index (Phi) is 7.90. The highest BCUT2D eigenvalue weighted by Crippen LogP contribution is 2.05. The number of carbonyl (C=O) groups excluding carboxylic acids is 1. The van der Waals surface area contributed by atoms with E-state index in [1.165, 1.54) is 0 Å². The molecule has 0 heterocycles. The Hall–Kier alpha value is -1.05. The Morgan fingerprint density at radius 3 is 2.71 bits per heavy atom. The summed E-state index contributed by atoms with van der Waals surface area (Å²) in [6.45, 7) is 9.88. The van der Waals surface area contributed by atoms with Crippen LogP contribution < -0.4 is 0 Å². The molecule has 0 aromatic rings. The van der Waals surface area contributed by atoms with Crippen LogP contribution in [-0.2, 0) is 9.53 Å². The first kappa shape index (κ1) is 12.9. The Bertz CT molecular complexity index is 194. The van der Waals surface area contributed by atoms with Gasteiger partial charge in [0.15, 0.2) is 0 Å². The van der Waals surface area contributed by atoms with Gasteiger partial charge in [-0.25, -0.2) is 4.79 Å². The molecule has 14 heavy (non-hydrogen) atoms. The fourth-order valence-corrected chi connectivity index (χ4v) is 0.997. The normalized spacial score (nSPS) is 9.50. The van der Waals surface area contributed by atoms with E-state index in [2.05, 4.69) is 20.1 Å². The van der Waals surface area contributed by atoms with Gasteiger partial charge in [0.25, 0.3) is 0 Å². The summed E-state index contributed by atoms with van der Waals surface area (Å²) in [4.78, 5) is 11.3. The molecular formula is C12H20O2. The Morgan fingerprint density at radius 1 is 1.43 bits per heavy atom. The van der Waals surface area contributed by atoms with Gasteiger partial charge in [0, 0.05) is 5.57 Å². The van der Waals surface area contributed by atoms with E-state index >= 15 is 0 Å². The zero-order valence-electron chi connectivity index (χ0n) is 9.05. The Labute approximate surface area is 86.6 Å². The highest BCUT2D eigenvalue weighted by Gasteiger charge is 2.06. The number of ether oxygens (including phenoxy) is 1. The lowest BCUT2D eigenvalue weighted by molar-refractivity contribution is -0.139. The summed E-state index contributed by atoms with van der Waals surface area (Å²) in [5, 5.41) is 0. The summed E-state index contributed by atoms with van der Waals surface area (Å²) < 4.78 is 5.03. The smallest absolute Gasteiger partial charge is 0.333 e. The molecule has 0 saturated carbocycles. The molecule has 2 nitrogen and oxygen atoms in total. The van der Waals surface area contributed by atoms with E-state index in [0.29, 0.717) is 18.6 Å². The molecular weight excluding hydrogens is 176 g/mol. The minimum atomic E-state index is -0.261. The molecule has 0 atom stereocenters. The maximum absolute atomic E-state index is 11.3. The molecule has 0 N–H and O–H groups in total. The van der Waals surface area contributed by atoms with Crippen LogP contribution in [0.15, 0.2) is 24.8 Å². The lowest BCUT2D eigenvalue weighted by atomic mass is 10.2. The van der Waals surface area contributed by atoms with Crippen LogP contribution in [0.1, 0.15) is 39.0 Å². The van der Waals surface area contributed by atoms with Crippen LogP contribution in [0.3, 0.4) is 0 Å². The molecule has 0 aliphatic carbocycles. The van der Waals surface area contributed by atoms with Crippen molar-refractivity contribution in [2.24, 2.45) is 0 Å². The van der Waals surface area contributed by atoms with Gasteiger partial charge < -0.3 is 4.74 Å². The maximum Gasteiger partial charge on any atom is 0.333 e. The lowest BCUT2D eigenvalue weighted by Crippen LogP contribution is -2.08. The third kappa shape index (κ3) is 6.46. The molecule has 0 radical (unpaired) electrons. The van der Waals surface area contributed by atoms with Crippen LogP contribution in [0.2, 0.25) is 0 Å². The molecule has 0 aromatic carbocycles. The molecule has 0 aliphatic heterocycles. The van der Waals surface area contributed by atoms with Crippen molar-refractivity contribution in [3.8, 4) is 0 Å². The maximum atomic E-state index is 11.3. The first-order valence-electron chi connectivity index (χ1n) is 5.18. The van der Waals surface area contributed by atoms with E-state index in [1.807, 2.05) is 0 Å². The number of allylic oxidation sites excluding steroid dienone is 1. The van der Waals surface area contributed by atoms with Crippen molar-refractivity contribution in [2.45, 2.75) is 39.0 Å². The van der Waals surface area contributed by atoms with E-state index < -0.39 is 0 Å². The van der Waals surface area contributed by atoms with E-state index in [9.17, 15) is 4.79 Å². The van der Waals surface area contributed by atoms with Crippen molar-refractivity contribution in [1.82, 2.24) is 0 Å². The molecule has 0 saturated heterocycles. The molecule has 0 amide bonds. The zero-order chi connectivity index (χ0) is 10.8. The molecule has 0 rings (SSSR count). The fourth-order valence-electron chi connectivity index (χ4n) is 0.997. The quantitative estimate of drug-likeness (QED) is 0.258. The van der Waals surface area contributed by atoms with E-state index in [4.69, 9.17) is 4.74 Å². The van der Waals surface area contributed by atoms with Gasteiger partial charge in [0.2, 0.25) is 0 Å². The van der Waals surface area contributed by atoms with E-state index in [1.54, 1.807) is 6.08 Å². The van der Waals surface area contributed by atoms with Crippen LogP contribution in [0.4, 0.5) is 0 Å². The molecule has 0 aliphatic rings. The summed E-state index contributed by atoms with van der Waals surface area (Å²) in [7, 11) is 0.